The summed E-state index contributed by atoms with van der Waals surface area (Å²) in [6, 6.07) is 16.4. The van der Waals surface area contributed by atoms with Gasteiger partial charge in [-0.25, -0.2) is 14.4 Å². The topological polar surface area (TPSA) is 160 Å². The van der Waals surface area contributed by atoms with Crippen LogP contribution < -0.4 is 10.6 Å². The highest BCUT2D eigenvalue weighted by Crippen LogP contribution is 2.44. The first-order valence-corrected chi connectivity index (χ1v) is 20.2. The predicted octanol–water partition coefficient (Wildman–Crippen LogP) is 6.28. The molecule has 1 heterocycles. The quantitative estimate of drug-likeness (QED) is 0.0404. The Kier molecular flexibility index (Phi) is 18.4. The van der Waals surface area contributed by atoms with E-state index in [2.05, 4.69) is 48.7 Å². The molecular weight excluding hydrogens is 727 g/mol. The number of hydrogen-bond acceptors (Lipinski definition) is 13. The number of fused-ring (bicyclic) bond motifs is 3. The van der Waals surface area contributed by atoms with Crippen LogP contribution in [0.2, 0.25) is 0 Å². The Labute approximate surface area is 319 Å². The fourth-order valence-electron chi connectivity index (χ4n) is 5.48. The van der Waals surface area contributed by atoms with Gasteiger partial charge in [-0.3, -0.25) is 4.79 Å². The fourth-order valence-corrected chi connectivity index (χ4v) is 7.75. The standard InChI is InChI=1S/C37H51N3O11S2/c1-37(2,53-52-27-47-19-7-8-20-49-36(44)51-40-18-9-14-33(40)41)15-21-48-34(42)38-16-22-45-24-25-46-23-17-39-35(43)50-26-32-30-12-5-3-10-28(30)29-11-4-6-13-31(29)32/h3-6,10-13,32H,7-9,14-27H2,1-2H3,(H,38,42)(H,39,43). The summed E-state index contributed by atoms with van der Waals surface area (Å²) >= 11 is 0. The highest BCUT2D eigenvalue weighted by molar-refractivity contribution is 8.77. The van der Waals surface area contributed by atoms with Crippen LogP contribution in [-0.4, -0.2) is 112 Å². The van der Waals surface area contributed by atoms with Gasteiger partial charge in [0.25, 0.3) is 5.91 Å². The van der Waals surface area contributed by atoms with E-state index < -0.39 is 18.3 Å². The molecule has 0 radical (unpaired) electrons. The van der Waals surface area contributed by atoms with Gasteiger partial charge >= 0.3 is 18.3 Å². The summed E-state index contributed by atoms with van der Waals surface area (Å²) < 4.78 is 32.3. The summed E-state index contributed by atoms with van der Waals surface area (Å²) in [6.45, 7) is 7.78. The Morgan fingerprint density at radius 2 is 1.40 bits per heavy atom. The third kappa shape index (κ3) is 15.3. The van der Waals surface area contributed by atoms with Crippen LogP contribution in [-0.2, 0) is 38.1 Å². The van der Waals surface area contributed by atoms with Crippen LogP contribution in [0.25, 0.3) is 11.1 Å². The van der Waals surface area contributed by atoms with Gasteiger partial charge in [-0.1, -0.05) is 70.1 Å². The number of nitrogens with one attached hydrogen (secondary N) is 2. The first kappa shape index (κ1) is 42.0. The van der Waals surface area contributed by atoms with Crippen molar-refractivity contribution in [1.82, 2.24) is 15.7 Å². The van der Waals surface area contributed by atoms with Gasteiger partial charge in [0.1, 0.15) is 12.5 Å². The lowest BCUT2D eigenvalue weighted by Crippen LogP contribution is -2.30. The Balaban J connectivity index is 0.888. The minimum Gasteiger partial charge on any atom is -0.450 e. The summed E-state index contributed by atoms with van der Waals surface area (Å²) in [5.74, 6) is 0.306. The Bertz CT molecular complexity index is 1420. The molecule has 2 aromatic rings. The van der Waals surface area contributed by atoms with E-state index in [4.69, 9.17) is 33.3 Å². The molecule has 0 saturated carbocycles. The smallest absolute Gasteiger partial charge is 0.450 e. The van der Waals surface area contributed by atoms with Crippen molar-refractivity contribution in [3.05, 3.63) is 59.7 Å². The molecular formula is C37H51N3O11S2. The number of rotatable bonds is 24. The minimum absolute atomic E-state index is 0.0136. The Morgan fingerprint density at radius 3 is 2.04 bits per heavy atom. The van der Waals surface area contributed by atoms with Crippen LogP contribution in [0.15, 0.2) is 48.5 Å². The van der Waals surface area contributed by atoms with Crippen molar-refractivity contribution in [2.24, 2.45) is 0 Å². The van der Waals surface area contributed by atoms with E-state index in [1.165, 1.54) is 22.3 Å². The Hall–Kier alpha value is -3.70. The van der Waals surface area contributed by atoms with Gasteiger partial charge in [0.05, 0.1) is 46.2 Å². The zero-order chi connectivity index (χ0) is 37.7. The lowest BCUT2D eigenvalue weighted by Gasteiger charge is -2.22. The van der Waals surface area contributed by atoms with Crippen molar-refractivity contribution in [1.29, 1.82) is 0 Å². The van der Waals surface area contributed by atoms with Gasteiger partial charge in [-0.05, 0) is 61.8 Å². The maximum absolute atomic E-state index is 12.3. The van der Waals surface area contributed by atoms with Crippen molar-refractivity contribution < 1.29 is 52.4 Å². The lowest BCUT2D eigenvalue weighted by atomic mass is 9.98. The number of hydroxylamine groups is 2. The third-order valence-electron chi connectivity index (χ3n) is 8.22. The van der Waals surface area contributed by atoms with E-state index in [0.717, 1.165) is 11.5 Å². The van der Waals surface area contributed by atoms with E-state index in [0.29, 0.717) is 84.3 Å². The average Bonchev–Trinajstić information content (AvgIpc) is 3.70. The summed E-state index contributed by atoms with van der Waals surface area (Å²) in [7, 11) is 3.24. The molecule has 0 spiro atoms. The van der Waals surface area contributed by atoms with Crippen molar-refractivity contribution in [3.8, 4) is 11.1 Å². The number of hydrogen-bond donors (Lipinski definition) is 2. The second-order valence-electron chi connectivity index (χ2n) is 12.8. The van der Waals surface area contributed by atoms with Crippen LogP contribution >= 0.6 is 21.6 Å². The van der Waals surface area contributed by atoms with Crippen LogP contribution in [0.5, 0.6) is 0 Å². The average molecular weight is 778 g/mol. The molecule has 4 rings (SSSR count). The highest BCUT2D eigenvalue weighted by Gasteiger charge is 2.29. The Morgan fingerprint density at radius 1 is 0.774 bits per heavy atom. The SMILES string of the molecule is CC(C)(CCOC(=O)NCCOCCOCCNC(=O)OCC1c2ccccc2-c2ccccc21)SSCOCCCCOC(=O)ON1CCCC1=O. The van der Waals surface area contributed by atoms with Crippen molar-refractivity contribution >= 4 is 45.8 Å². The van der Waals surface area contributed by atoms with Crippen LogP contribution in [0, 0.1) is 0 Å². The first-order chi connectivity index (χ1) is 25.7. The lowest BCUT2D eigenvalue weighted by molar-refractivity contribution is -0.164. The first-order valence-electron chi connectivity index (χ1n) is 17.9. The molecule has 53 heavy (non-hydrogen) atoms. The van der Waals surface area contributed by atoms with Crippen molar-refractivity contribution in [3.63, 3.8) is 0 Å². The molecule has 1 aliphatic carbocycles. The maximum Gasteiger partial charge on any atom is 0.533 e. The van der Waals surface area contributed by atoms with E-state index in [9.17, 15) is 19.2 Å². The largest absolute Gasteiger partial charge is 0.533 e. The monoisotopic (exact) mass is 777 g/mol. The number of carbonyl (C=O) groups excluding carboxylic acids is 4. The zero-order valence-electron chi connectivity index (χ0n) is 30.5. The molecule has 2 aromatic carbocycles. The normalized spacial score (nSPS) is 13.7. The predicted molar refractivity (Wildman–Crippen MR) is 201 cm³/mol. The third-order valence-corrected chi connectivity index (χ3v) is 11.2. The molecule has 2 N–H and O–H groups in total. The van der Waals surface area contributed by atoms with Gasteiger partial charge in [0, 0.05) is 36.8 Å². The van der Waals surface area contributed by atoms with Crippen molar-refractivity contribution in [2.75, 3.05) is 78.4 Å². The molecule has 292 valence electrons. The van der Waals surface area contributed by atoms with Gasteiger partial charge in [-0.2, -0.15) is 5.06 Å². The van der Waals surface area contributed by atoms with Gasteiger partial charge in [-0.15, -0.1) is 0 Å². The molecule has 1 aliphatic heterocycles. The van der Waals surface area contributed by atoms with Gasteiger partial charge in [0.15, 0.2) is 0 Å². The number of nitrogens with zero attached hydrogens (tertiary/aromatic N) is 1. The fraction of sp³-hybridized carbons (Fsp3) is 0.568. The van der Waals surface area contributed by atoms with Crippen LogP contribution in [0.4, 0.5) is 14.4 Å². The van der Waals surface area contributed by atoms with Crippen molar-refractivity contribution in [2.45, 2.75) is 56.6 Å². The van der Waals surface area contributed by atoms with E-state index in [1.807, 2.05) is 24.3 Å². The number of amides is 3. The van der Waals surface area contributed by atoms with Crippen LogP contribution in [0.3, 0.4) is 0 Å². The molecule has 14 nitrogen and oxygen atoms in total. The minimum atomic E-state index is -0.860. The second-order valence-corrected chi connectivity index (χ2v) is 15.7. The van der Waals surface area contributed by atoms with Crippen LogP contribution in [0.1, 0.15) is 63.0 Å². The molecule has 3 amide bonds. The van der Waals surface area contributed by atoms with E-state index in [-0.39, 0.29) is 36.4 Å². The molecule has 0 unspecified atom stereocenters. The summed E-state index contributed by atoms with van der Waals surface area (Å²) in [6.07, 6.45) is 1.23. The number of benzene rings is 2. The molecule has 1 saturated heterocycles. The molecule has 0 atom stereocenters. The number of alkyl carbamates (subject to hydrolysis) is 2. The number of carbonyl (C=O) groups is 4. The maximum atomic E-state index is 12.3. The van der Waals surface area contributed by atoms with E-state index in [1.54, 1.807) is 21.6 Å². The molecule has 0 bridgehead atoms. The van der Waals surface area contributed by atoms with Gasteiger partial charge in [0.2, 0.25) is 0 Å². The molecule has 1 fully saturated rings. The molecule has 16 heteroatoms. The summed E-state index contributed by atoms with van der Waals surface area (Å²) in [4.78, 5) is 52.2. The summed E-state index contributed by atoms with van der Waals surface area (Å²) in [5, 5.41) is 6.43. The van der Waals surface area contributed by atoms with Gasteiger partial charge < -0.3 is 43.9 Å². The molecule has 0 aromatic heterocycles. The summed E-state index contributed by atoms with van der Waals surface area (Å²) in [5.41, 5.74) is 4.70. The molecule has 2 aliphatic rings. The van der Waals surface area contributed by atoms with E-state index >= 15 is 0 Å². The zero-order valence-corrected chi connectivity index (χ0v) is 32.1. The second kappa shape index (κ2) is 23.2. The number of unbranched alkanes of at least 4 members (excludes halogenated alkanes) is 1. The highest BCUT2D eigenvalue weighted by atomic mass is 33.1. The number of ether oxygens (including phenoxy) is 6.